The van der Waals surface area contributed by atoms with Crippen LogP contribution in [0.2, 0.25) is 0 Å². The minimum atomic E-state index is 0.205. The molecule has 1 saturated heterocycles. The minimum absolute atomic E-state index is 0.205. The van der Waals surface area contributed by atoms with Crippen molar-refractivity contribution in [2.45, 2.75) is 12.8 Å². The van der Waals surface area contributed by atoms with Crippen molar-refractivity contribution in [1.82, 2.24) is 5.32 Å². The molecule has 1 aromatic carbocycles. The van der Waals surface area contributed by atoms with Crippen LogP contribution in [0.15, 0.2) is 22.7 Å². The van der Waals surface area contributed by atoms with Gasteiger partial charge >= 0.3 is 0 Å². The quantitative estimate of drug-likeness (QED) is 0.898. The van der Waals surface area contributed by atoms with Crippen LogP contribution in [0.1, 0.15) is 12.8 Å². The monoisotopic (exact) mass is 337 g/mol. The molecule has 1 fully saturated rings. The van der Waals surface area contributed by atoms with Gasteiger partial charge in [0.2, 0.25) is 5.91 Å². The number of fused-ring (bicyclic) bond motifs is 1. The summed E-state index contributed by atoms with van der Waals surface area (Å²) in [6.07, 6.45) is 2.31. The van der Waals surface area contributed by atoms with Crippen LogP contribution in [-0.4, -0.2) is 39.1 Å². The SMILES string of the molecule is CN1CC(=O)N(CC2CCNCC2)c2cc(Br)ccc21. The Kier molecular flexibility index (Phi) is 3.98. The summed E-state index contributed by atoms with van der Waals surface area (Å²) in [6, 6.07) is 6.18. The van der Waals surface area contributed by atoms with Crippen molar-refractivity contribution in [3.8, 4) is 0 Å². The van der Waals surface area contributed by atoms with Crippen molar-refractivity contribution >= 4 is 33.2 Å². The van der Waals surface area contributed by atoms with Gasteiger partial charge in [-0.3, -0.25) is 4.79 Å². The number of nitrogens with zero attached hydrogens (tertiary/aromatic N) is 2. The van der Waals surface area contributed by atoms with Gasteiger partial charge in [-0.25, -0.2) is 0 Å². The van der Waals surface area contributed by atoms with Crippen molar-refractivity contribution < 1.29 is 4.79 Å². The summed E-state index contributed by atoms with van der Waals surface area (Å²) in [6.45, 7) is 3.45. The van der Waals surface area contributed by atoms with Crippen molar-refractivity contribution in [2.75, 3.05) is 43.0 Å². The van der Waals surface area contributed by atoms with Gasteiger partial charge < -0.3 is 15.1 Å². The number of likely N-dealkylation sites (N-methyl/N-ethyl adjacent to an activating group) is 1. The predicted octanol–water partition coefficient (Wildman–Crippen LogP) is 2.23. The molecule has 2 heterocycles. The third kappa shape index (κ3) is 2.69. The van der Waals surface area contributed by atoms with Gasteiger partial charge in [0.1, 0.15) is 0 Å². The minimum Gasteiger partial charge on any atom is -0.364 e. The second-order valence-corrected chi connectivity index (χ2v) is 6.60. The molecule has 0 bridgehead atoms. The van der Waals surface area contributed by atoms with Crippen LogP contribution in [0.3, 0.4) is 0 Å². The van der Waals surface area contributed by atoms with E-state index in [0.29, 0.717) is 12.5 Å². The number of hydrogen-bond acceptors (Lipinski definition) is 3. The van der Waals surface area contributed by atoms with Crippen molar-refractivity contribution in [3.63, 3.8) is 0 Å². The summed E-state index contributed by atoms with van der Waals surface area (Å²) < 4.78 is 1.02. The fraction of sp³-hybridized carbons (Fsp3) is 0.533. The van der Waals surface area contributed by atoms with E-state index in [1.807, 2.05) is 22.9 Å². The number of carbonyl (C=O) groups is 1. The number of rotatable bonds is 2. The molecule has 108 valence electrons. The Morgan fingerprint density at radius 3 is 2.80 bits per heavy atom. The number of benzene rings is 1. The molecular weight excluding hydrogens is 318 g/mol. The molecule has 0 aliphatic carbocycles. The number of carbonyl (C=O) groups excluding carboxylic acids is 1. The first-order valence-electron chi connectivity index (χ1n) is 7.17. The zero-order chi connectivity index (χ0) is 14.1. The van der Waals surface area contributed by atoms with Gasteiger partial charge in [0, 0.05) is 18.1 Å². The van der Waals surface area contributed by atoms with Gasteiger partial charge in [0.05, 0.1) is 17.9 Å². The Bertz CT molecular complexity index is 514. The molecule has 2 aliphatic heterocycles. The second kappa shape index (κ2) is 5.74. The van der Waals surface area contributed by atoms with Gasteiger partial charge in [0.25, 0.3) is 0 Å². The first kappa shape index (κ1) is 13.9. The summed E-state index contributed by atoms with van der Waals surface area (Å²) in [5.74, 6) is 0.812. The molecule has 2 aliphatic rings. The molecule has 1 aromatic rings. The number of nitrogens with one attached hydrogen (secondary N) is 1. The first-order chi connectivity index (χ1) is 9.65. The van der Waals surface area contributed by atoms with Crippen molar-refractivity contribution in [3.05, 3.63) is 22.7 Å². The topological polar surface area (TPSA) is 35.6 Å². The fourth-order valence-electron chi connectivity index (χ4n) is 3.07. The van der Waals surface area contributed by atoms with Gasteiger partial charge in [0.15, 0.2) is 0 Å². The number of hydrogen-bond donors (Lipinski definition) is 1. The normalized spacial score (nSPS) is 20.2. The number of amides is 1. The van der Waals surface area contributed by atoms with E-state index >= 15 is 0 Å². The van der Waals surface area contributed by atoms with E-state index < -0.39 is 0 Å². The number of anilines is 2. The maximum absolute atomic E-state index is 12.4. The molecule has 4 nitrogen and oxygen atoms in total. The Labute approximate surface area is 128 Å². The molecule has 1 N–H and O–H groups in total. The van der Waals surface area contributed by atoms with E-state index in [9.17, 15) is 4.79 Å². The van der Waals surface area contributed by atoms with Gasteiger partial charge in [-0.1, -0.05) is 15.9 Å². The summed E-state index contributed by atoms with van der Waals surface area (Å²) in [5.41, 5.74) is 2.18. The zero-order valence-corrected chi connectivity index (χ0v) is 13.3. The molecule has 0 unspecified atom stereocenters. The lowest BCUT2D eigenvalue weighted by Crippen LogP contribution is -2.47. The highest BCUT2D eigenvalue weighted by Crippen LogP contribution is 2.36. The summed E-state index contributed by atoms with van der Waals surface area (Å²) in [7, 11) is 1.98. The molecule has 0 saturated carbocycles. The lowest BCUT2D eigenvalue weighted by molar-refractivity contribution is -0.117. The van der Waals surface area contributed by atoms with Gasteiger partial charge in [-0.2, -0.15) is 0 Å². The lowest BCUT2D eigenvalue weighted by atomic mass is 9.96. The highest BCUT2D eigenvalue weighted by Gasteiger charge is 2.29. The number of halogens is 1. The maximum Gasteiger partial charge on any atom is 0.246 e. The van der Waals surface area contributed by atoms with Crippen LogP contribution in [0, 0.1) is 5.92 Å². The molecule has 5 heteroatoms. The van der Waals surface area contributed by atoms with E-state index in [-0.39, 0.29) is 5.91 Å². The molecule has 0 radical (unpaired) electrons. The predicted molar refractivity (Wildman–Crippen MR) is 85.4 cm³/mol. The molecule has 0 atom stereocenters. The smallest absolute Gasteiger partial charge is 0.246 e. The van der Waals surface area contributed by atoms with E-state index in [2.05, 4.69) is 33.4 Å². The lowest BCUT2D eigenvalue weighted by Gasteiger charge is -2.38. The standard InChI is InChI=1S/C15H20BrN3O/c1-18-10-15(20)19(9-11-4-6-17-7-5-11)14-8-12(16)2-3-13(14)18/h2-3,8,11,17H,4-7,9-10H2,1H3. The van der Waals surface area contributed by atoms with Crippen molar-refractivity contribution in [1.29, 1.82) is 0 Å². The molecule has 0 spiro atoms. The van der Waals surface area contributed by atoms with E-state index in [0.717, 1.165) is 48.3 Å². The average molecular weight is 338 g/mol. The zero-order valence-electron chi connectivity index (χ0n) is 11.7. The average Bonchev–Trinajstić information content (AvgIpc) is 2.44. The Hall–Kier alpha value is -1.07. The first-order valence-corrected chi connectivity index (χ1v) is 7.96. The highest BCUT2D eigenvalue weighted by atomic mass is 79.9. The largest absolute Gasteiger partial charge is 0.364 e. The summed E-state index contributed by atoms with van der Waals surface area (Å²) >= 11 is 3.52. The van der Waals surface area contributed by atoms with Crippen LogP contribution < -0.4 is 15.1 Å². The van der Waals surface area contributed by atoms with Crippen molar-refractivity contribution in [2.24, 2.45) is 5.92 Å². The van der Waals surface area contributed by atoms with E-state index in [1.165, 1.54) is 0 Å². The number of piperidine rings is 1. The van der Waals surface area contributed by atoms with Gasteiger partial charge in [-0.15, -0.1) is 0 Å². The maximum atomic E-state index is 12.4. The molecule has 1 amide bonds. The molecule has 3 rings (SSSR count). The van der Waals surface area contributed by atoms with Gasteiger partial charge in [-0.05, 0) is 50.0 Å². The Morgan fingerprint density at radius 1 is 1.30 bits per heavy atom. The summed E-state index contributed by atoms with van der Waals surface area (Å²) in [4.78, 5) is 16.4. The third-order valence-electron chi connectivity index (χ3n) is 4.21. The van der Waals surface area contributed by atoms with Crippen LogP contribution in [0.25, 0.3) is 0 Å². The Balaban J connectivity index is 1.87. The van der Waals surface area contributed by atoms with Crippen LogP contribution in [0.4, 0.5) is 11.4 Å². The van der Waals surface area contributed by atoms with E-state index in [4.69, 9.17) is 0 Å². The second-order valence-electron chi connectivity index (χ2n) is 5.69. The molecular formula is C15H20BrN3O. The molecule has 0 aromatic heterocycles. The molecule has 20 heavy (non-hydrogen) atoms. The fourth-order valence-corrected chi connectivity index (χ4v) is 3.41. The van der Waals surface area contributed by atoms with Crippen LogP contribution in [-0.2, 0) is 4.79 Å². The summed E-state index contributed by atoms with van der Waals surface area (Å²) in [5, 5.41) is 3.38. The van der Waals surface area contributed by atoms with E-state index in [1.54, 1.807) is 0 Å². The Morgan fingerprint density at radius 2 is 2.05 bits per heavy atom. The third-order valence-corrected chi connectivity index (χ3v) is 4.71. The highest BCUT2D eigenvalue weighted by molar-refractivity contribution is 9.10. The van der Waals surface area contributed by atoms with Crippen LogP contribution in [0.5, 0.6) is 0 Å². The van der Waals surface area contributed by atoms with Crippen LogP contribution >= 0.6 is 15.9 Å².